The molecule has 0 aromatic heterocycles. The van der Waals surface area contributed by atoms with E-state index in [9.17, 15) is 4.79 Å². The van der Waals surface area contributed by atoms with Gasteiger partial charge in [0.1, 0.15) is 5.41 Å². The molecule has 4 nitrogen and oxygen atoms in total. The van der Waals surface area contributed by atoms with E-state index in [4.69, 9.17) is 10.00 Å². The van der Waals surface area contributed by atoms with Crippen molar-refractivity contribution >= 4 is 5.91 Å². The lowest BCUT2D eigenvalue weighted by Gasteiger charge is -2.21. The first-order chi connectivity index (χ1) is 6.50. The summed E-state index contributed by atoms with van der Waals surface area (Å²) in [5, 5.41) is 11.6. The van der Waals surface area contributed by atoms with Gasteiger partial charge in [0.25, 0.3) is 0 Å². The standard InChI is InChI=1S/C10H18N2O2/c1-5-10(3,7-11)9(13)12-8(2)6-14-4/h8H,5-6H2,1-4H3,(H,12,13). The first-order valence-electron chi connectivity index (χ1n) is 4.71. The number of hydrogen-bond donors (Lipinski definition) is 1. The Bertz CT molecular complexity index is 235. The van der Waals surface area contributed by atoms with Crippen molar-refractivity contribution < 1.29 is 9.53 Å². The number of nitrogens with one attached hydrogen (secondary N) is 1. The van der Waals surface area contributed by atoms with E-state index in [1.54, 1.807) is 14.0 Å². The molecule has 1 amide bonds. The first kappa shape index (κ1) is 12.9. The zero-order chi connectivity index (χ0) is 11.2. The molecule has 0 bridgehead atoms. The van der Waals surface area contributed by atoms with Crippen LogP contribution in [0.25, 0.3) is 0 Å². The molecule has 0 aliphatic heterocycles. The van der Waals surface area contributed by atoms with Crippen LogP contribution in [-0.2, 0) is 9.53 Å². The molecule has 0 aliphatic rings. The van der Waals surface area contributed by atoms with E-state index in [2.05, 4.69) is 5.32 Å². The molecular formula is C10H18N2O2. The summed E-state index contributed by atoms with van der Waals surface area (Å²) in [6.07, 6.45) is 0.509. The smallest absolute Gasteiger partial charge is 0.240 e. The lowest BCUT2D eigenvalue weighted by molar-refractivity contribution is -0.128. The maximum Gasteiger partial charge on any atom is 0.240 e. The monoisotopic (exact) mass is 198 g/mol. The van der Waals surface area contributed by atoms with E-state index in [1.807, 2.05) is 19.9 Å². The van der Waals surface area contributed by atoms with Crippen LogP contribution in [0.2, 0.25) is 0 Å². The second-order valence-electron chi connectivity index (χ2n) is 3.63. The number of nitriles is 1. The number of hydrogen-bond acceptors (Lipinski definition) is 3. The van der Waals surface area contributed by atoms with Crippen molar-refractivity contribution in [2.24, 2.45) is 5.41 Å². The normalized spacial score (nSPS) is 16.5. The lowest BCUT2D eigenvalue weighted by atomic mass is 9.88. The van der Waals surface area contributed by atoms with Crippen molar-refractivity contribution in [1.29, 1.82) is 5.26 Å². The quantitative estimate of drug-likeness (QED) is 0.719. The summed E-state index contributed by atoms with van der Waals surface area (Å²) in [7, 11) is 1.58. The summed E-state index contributed by atoms with van der Waals surface area (Å²) in [5.74, 6) is -0.230. The Morgan fingerprint density at radius 1 is 1.71 bits per heavy atom. The molecule has 80 valence electrons. The molecule has 14 heavy (non-hydrogen) atoms. The number of amides is 1. The third-order valence-electron chi connectivity index (χ3n) is 2.25. The fraction of sp³-hybridized carbons (Fsp3) is 0.800. The number of methoxy groups -OCH3 is 1. The zero-order valence-electron chi connectivity index (χ0n) is 9.26. The summed E-state index contributed by atoms with van der Waals surface area (Å²) >= 11 is 0. The van der Waals surface area contributed by atoms with E-state index in [0.717, 1.165) is 0 Å². The van der Waals surface area contributed by atoms with Crippen molar-refractivity contribution in [3.63, 3.8) is 0 Å². The van der Waals surface area contributed by atoms with Gasteiger partial charge in [0.05, 0.1) is 12.7 Å². The van der Waals surface area contributed by atoms with Crippen LogP contribution in [-0.4, -0.2) is 25.7 Å². The van der Waals surface area contributed by atoms with Gasteiger partial charge in [-0.3, -0.25) is 4.79 Å². The van der Waals surface area contributed by atoms with E-state index in [-0.39, 0.29) is 11.9 Å². The average molecular weight is 198 g/mol. The van der Waals surface area contributed by atoms with Gasteiger partial charge in [0.15, 0.2) is 0 Å². The molecule has 2 unspecified atom stereocenters. The van der Waals surface area contributed by atoms with E-state index in [0.29, 0.717) is 13.0 Å². The molecule has 0 saturated carbocycles. The first-order valence-corrected chi connectivity index (χ1v) is 4.71. The van der Waals surface area contributed by atoms with Crippen LogP contribution >= 0.6 is 0 Å². The molecule has 0 aliphatic carbocycles. The van der Waals surface area contributed by atoms with Gasteiger partial charge in [-0.25, -0.2) is 0 Å². The molecule has 0 heterocycles. The van der Waals surface area contributed by atoms with Crippen molar-refractivity contribution in [2.45, 2.75) is 33.2 Å². The molecule has 0 rings (SSSR count). The third-order valence-corrected chi connectivity index (χ3v) is 2.25. The maximum atomic E-state index is 11.6. The number of carbonyl (C=O) groups is 1. The summed E-state index contributed by atoms with van der Waals surface area (Å²) in [6.45, 7) is 5.76. The number of ether oxygens (including phenoxy) is 1. The minimum atomic E-state index is -0.929. The molecule has 4 heteroatoms. The van der Waals surface area contributed by atoms with E-state index in [1.165, 1.54) is 0 Å². The second kappa shape index (κ2) is 5.61. The van der Waals surface area contributed by atoms with Crippen molar-refractivity contribution in [2.75, 3.05) is 13.7 Å². The summed E-state index contributed by atoms with van der Waals surface area (Å²) in [5.41, 5.74) is -0.929. The van der Waals surface area contributed by atoms with Gasteiger partial charge < -0.3 is 10.1 Å². The van der Waals surface area contributed by atoms with Gasteiger partial charge in [-0.05, 0) is 20.3 Å². The van der Waals surface area contributed by atoms with Crippen molar-refractivity contribution in [3.8, 4) is 6.07 Å². The molecular weight excluding hydrogens is 180 g/mol. The Labute approximate surface area is 85.2 Å². The average Bonchev–Trinajstić information content (AvgIpc) is 2.16. The largest absolute Gasteiger partial charge is 0.383 e. The molecule has 0 saturated heterocycles. The van der Waals surface area contributed by atoms with Crippen LogP contribution in [0.15, 0.2) is 0 Å². The molecule has 0 aromatic rings. The molecule has 0 spiro atoms. The topological polar surface area (TPSA) is 62.1 Å². The van der Waals surface area contributed by atoms with E-state index >= 15 is 0 Å². The van der Waals surface area contributed by atoms with Gasteiger partial charge >= 0.3 is 0 Å². The molecule has 0 radical (unpaired) electrons. The van der Waals surface area contributed by atoms with Crippen molar-refractivity contribution in [1.82, 2.24) is 5.32 Å². The maximum absolute atomic E-state index is 11.6. The van der Waals surface area contributed by atoms with Crippen LogP contribution in [0.3, 0.4) is 0 Å². The van der Waals surface area contributed by atoms with Gasteiger partial charge in [-0.2, -0.15) is 5.26 Å². The highest BCUT2D eigenvalue weighted by Gasteiger charge is 2.31. The number of rotatable bonds is 5. The minimum Gasteiger partial charge on any atom is -0.383 e. The fourth-order valence-corrected chi connectivity index (χ4v) is 0.965. The van der Waals surface area contributed by atoms with Crippen LogP contribution < -0.4 is 5.32 Å². The molecule has 1 N–H and O–H groups in total. The Kier molecular flexibility index (Phi) is 5.18. The number of nitrogens with zero attached hydrogens (tertiary/aromatic N) is 1. The highest BCUT2D eigenvalue weighted by Crippen LogP contribution is 2.19. The van der Waals surface area contributed by atoms with Gasteiger partial charge in [0.2, 0.25) is 5.91 Å². The van der Waals surface area contributed by atoms with Crippen LogP contribution in [0.1, 0.15) is 27.2 Å². The third kappa shape index (κ3) is 3.35. The molecule has 0 fully saturated rings. The summed E-state index contributed by atoms with van der Waals surface area (Å²) < 4.78 is 4.89. The number of carbonyl (C=O) groups excluding carboxylic acids is 1. The predicted octanol–water partition coefficient (Wildman–Crippen LogP) is 1.08. The van der Waals surface area contributed by atoms with Crippen LogP contribution in [0.4, 0.5) is 0 Å². The van der Waals surface area contributed by atoms with Crippen LogP contribution in [0.5, 0.6) is 0 Å². The van der Waals surface area contributed by atoms with Crippen molar-refractivity contribution in [3.05, 3.63) is 0 Å². The predicted molar refractivity (Wildman–Crippen MR) is 53.5 cm³/mol. The Morgan fingerprint density at radius 3 is 2.64 bits per heavy atom. The highest BCUT2D eigenvalue weighted by molar-refractivity contribution is 5.85. The fourth-order valence-electron chi connectivity index (χ4n) is 0.965. The molecule has 2 atom stereocenters. The van der Waals surface area contributed by atoms with Crippen LogP contribution in [0, 0.1) is 16.7 Å². The SMILES string of the molecule is CCC(C)(C#N)C(=O)NC(C)COC. The second-order valence-corrected chi connectivity index (χ2v) is 3.63. The molecule has 0 aromatic carbocycles. The Balaban J connectivity index is 4.27. The Morgan fingerprint density at radius 2 is 2.29 bits per heavy atom. The van der Waals surface area contributed by atoms with Gasteiger partial charge in [-0.15, -0.1) is 0 Å². The minimum absolute atomic E-state index is 0.0632. The van der Waals surface area contributed by atoms with Gasteiger partial charge in [-0.1, -0.05) is 6.92 Å². The summed E-state index contributed by atoms with van der Waals surface area (Å²) in [6, 6.07) is 1.96. The lowest BCUT2D eigenvalue weighted by Crippen LogP contribution is -2.43. The Hall–Kier alpha value is -1.08. The zero-order valence-corrected chi connectivity index (χ0v) is 9.26. The highest BCUT2D eigenvalue weighted by atomic mass is 16.5. The summed E-state index contributed by atoms with van der Waals surface area (Å²) in [4.78, 5) is 11.6. The van der Waals surface area contributed by atoms with Gasteiger partial charge in [0, 0.05) is 13.2 Å². The van der Waals surface area contributed by atoms with E-state index < -0.39 is 5.41 Å².